The predicted octanol–water partition coefficient (Wildman–Crippen LogP) is 5.21. The number of ether oxygens (including phenoxy) is 1. The number of amides is 3. The molecule has 0 spiro atoms. The lowest BCUT2D eigenvalue weighted by atomic mass is 10.0. The highest BCUT2D eigenvalue weighted by molar-refractivity contribution is 7.90. The molecular formula is C34H32N6O5S. The highest BCUT2D eigenvalue weighted by atomic mass is 32.2. The van der Waals surface area contributed by atoms with Gasteiger partial charge in [0.15, 0.2) is 15.7 Å². The Hall–Kier alpha value is -5.33. The summed E-state index contributed by atoms with van der Waals surface area (Å²) in [5.41, 5.74) is 4.71. The van der Waals surface area contributed by atoms with Crippen molar-refractivity contribution < 1.29 is 22.7 Å². The van der Waals surface area contributed by atoms with Gasteiger partial charge in [-0.25, -0.2) is 23.2 Å². The second kappa shape index (κ2) is 13.0. The van der Waals surface area contributed by atoms with Gasteiger partial charge in [0.2, 0.25) is 0 Å². The first-order chi connectivity index (χ1) is 22.2. The summed E-state index contributed by atoms with van der Waals surface area (Å²) < 4.78 is 29.9. The number of hydrogen-bond donors (Lipinski definition) is 3. The van der Waals surface area contributed by atoms with Crippen molar-refractivity contribution in [2.45, 2.75) is 4.90 Å². The number of fused-ring (bicyclic) bond motifs is 1. The molecule has 4 aromatic carbocycles. The summed E-state index contributed by atoms with van der Waals surface area (Å²) in [6.45, 7) is 2.57. The third-order valence-corrected chi connectivity index (χ3v) is 8.73. The minimum atomic E-state index is -3.36. The number of rotatable bonds is 7. The maximum Gasteiger partial charge on any atom is 0.323 e. The lowest BCUT2D eigenvalue weighted by Crippen LogP contribution is -2.37. The molecule has 1 aliphatic rings. The molecule has 3 N–H and O–H groups in total. The van der Waals surface area contributed by atoms with Crippen LogP contribution in [0.25, 0.3) is 33.4 Å². The smallest absolute Gasteiger partial charge is 0.323 e. The quantitative estimate of drug-likeness (QED) is 0.221. The Morgan fingerprint density at radius 3 is 2.07 bits per heavy atom. The third-order valence-electron chi connectivity index (χ3n) is 7.62. The Bertz CT molecular complexity index is 2030. The zero-order chi connectivity index (χ0) is 32.3. The van der Waals surface area contributed by atoms with E-state index in [2.05, 4.69) is 20.9 Å². The Kier molecular flexibility index (Phi) is 8.64. The van der Waals surface area contributed by atoms with E-state index in [1.54, 1.807) is 61.6 Å². The molecule has 11 nitrogen and oxygen atoms in total. The molecule has 234 valence electrons. The van der Waals surface area contributed by atoms with E-state index in [-0.39, 0.29) is 10.8 Å². The van der Waals surface area contributed by atoms with E-state index in [0.717, 1.165) is 33.4 Å². The van der Waals surface area contributed by atoms with Crippen molar-refractivity contribution in [2.24, 2.45) is 0 Å². The van der Waals surface area contributed by atoms with E-state index in [1.807, 2.05) is 36.4 Å². The molecule has 0 aliphatic carbocycles. The minimum Gasteiger partial charge on any atom is -0.378 e. The third kappa shape index (κ3) is 6.82. The highest BCUT2D eigenvalue weighted by Gasteiger charge is 2.19. The van der Waals surface area contributed by atoms with Crippen LogP contribution in [0, 0.1) is 0 Å². The van der Waals surface area contributed by atoms with Crippen LogP contribution in [0.5, 0.6) is 0 Å². The topological polar surface area (TPSA) is 143 Å². The van der Waals surface area contributed by atoms with Crippen molar-refractivity contribution >= 4 is 49.9 Å². The van der Waals surface area contributed by atoms with Gasteiger partial charge in [-0.2, -0.15) is 0 Å². The van der Waals surface area contributed by atoms with Crippen molar-refractivity contribution in [3.05, 3.63) is 96.6 Å². The summed E-state index contributed by atoms with van der Waals surface area (Å²) >= 11 is 0. The van der Waals surface area contributed by atoms with E-state index in [4.69, 9.17) is 14.7 Å². The molecule has 2 heterocycles. The molecule has 1 aliphatic heterocycles. The fourth-order valence-electron chi connectivity index (χ4n) is 5.19. The Morgan fingerprint density at radius 1 is 0.783 bits per heavy atom. The molecule has 0 saturated carbocycles. The van der Waals surface area contributed by atoms with Crippen molar-refractivity contribution in [3.63, 3.8) is 0 Å². The van der Waals surface area contributed by atoms with Crippen LogP contribution in [0.4, 0.5) is 22.0 Å². The number of hydrogen-bond acceptors (Lipinski definition) is 8. The molecule has 0 radical (unpaired) electrons. The van der Waals surface area contributed by atoms with Crippen LogP contribution >= 0.6 is 0 Å². The Balaban J connectivity index is 1.28. The van der Waals surface area contributed by atoms with Gasteiger partial charge >= 0.3 is 6.03 Å². The molecule has 1 saturated heterocycles. The molecule has 0 unspecified atom stereocenters. The normalized spacial score (nSPS) is 13.3. The molecule has 1 aromatic heterocycles. The van der Waals surface area contributed by atoms with Gasteiger partial charge < -0.3 is 25.6 Å². The average molecular weight is 637 g/mol. The standard InChI is InChI=1S/C34H32N6O5S/c1-35-33(41)23-8-13-27(14-9-23)37-34(42)36-26-11-6-22(7-12-26)31-38-30-21-25(24-4-3-5-28(20-24)46(2,43)44)10-15-29(30)32(39-31)40-16-18-45-19-17-40/h3-15,20-21H,16-19H2,1-2H3,(H,35,41)(H2,36,37,42). The molecule has 1 fully saturated rings. The van der Waals surface area contributed by atoms with Crippen molar-refractivity contribution in [1.29, 1.82) is 0 Å². The number of anilines is 3. The van der Waals surface area contributed by atoms with E-state index >= 15 is 0 Å². The Morgan fingerprint density at radius 2 is 1.41 bits per heavy atom. The molecule has 12 heteroatoms. The second-order valence-electron chi connectivity index (χ2n) is 10.8. The maximum absolute atomic E-state index is 12.6. The fraction of sp³-hybridized carbons (Fsp3) is 0.176. The number of aromatic nitrogens is 2. The summed E-state index contributed by atoms with van der Waals surface area (Å²) in [6.07, 6.45) is 1.20. The van der Waals surface area contributed by atoms with Crippen LogP contribution in [0.3, 0.4) is 0 Å². The summed E-state index contributed by atoms with van der Waals surface area (Å²) in [5.74, 6) is 1.11. The van der Waals surface area contributed by atoms with Crippen LogP contribution in [-0.4, -0.2) is 69.9 Å². The lowest BCUT2D eigenvalue weighted by molar-refractivity contribution is 0.0963. The van der Waals surface area contributed by atoms with E-state index in [1.165, 1.54) is 6.26 Å². The largest absolute Gasteiger partial charge is 0.378 e. The number of carbonyl (C=O) groups excluding carboxylic acids is 2. The number of sulfone groups is 1. The molecule has 46 heavy (non-hydrogen) atoms. The monoisotopic (exact) mass is 636 g/mol. The Labute approximate surface area is 266 Å². The zero-order valence-corrected chi connectivity index (χ0v) is 26.1. The molecule has 6 rings (SSSR count). The van der Waals surface area contributed by atoms with Crippen LogP contribution in [0.2, 0.25) is 0 Å². The second-order valence-corrected chi connectivity index (χ2v) is 12.8. The van der Waals surface area contributed by atoms with Crippen LogP contribution < -0.4 is 20.9 Å². The molecule has 5 aromatic rings. The lowest BCUT2D eigenvalue weighted by Gasteiger charge is -2.29. The maximum atomic E-state index is 12.6. The number of benzene rings is 4. The van der Waals surface area contributed by atoms with Crippen molar-refractivity contribution in [1.82, 2.24) is 15.3 Å². The van der Waals surface area contributed by atoms with Crippen LogP contribution in [0.15, 0.2) is 95.9 Å². The molecule has 0 atom stereocenters. The number of urea groups is 1. The molecular weight excluding hydrogens is 604 g/mol. The van der Waals surface area contributed by atoms with E-state index in [9.17, 15) is 18.0 Å². The summed E-state index contributed by atoms with van der Waals surface area (Å²) in [7, 11) is -1.80. The first-order valence-electron chi connectivity index (χ1n) is 14.6. The number of morpholine rings is 1. The van der Waals surface area contributed by atoms with Crippen molar-refractivity contribution in [2.75, 3.05) is 55.1 Å². The summed E-state index contributed by atoms with van der Waals surface area (Å²) in [4.78, 5) is 36.7. The van der Waals surface area contributed by atoms with Gasteiger partial charge in [0.05, 0.1) is 23.6 Å². The SMILES string of the molecule is CNC(=O)c1ccc(NC(=O)Nc2ccc(-c3nc(N4CCOCC4)c4ccc(-c5cccc(S(C)(=O)=O)c5)cc4n3)cc2)cc1. The van der Waals surface area contributed by atoms with Gasteiger partial charge in [0.1, 0.15) is 5.82 Å². The number of carbonyl (C=O) groups is 2. The van der Waals surface area contributed by atoms with Crippen LogP contribution in [0.1, 0.15) is 10.4 Å². The van der Waals surface area contributed by atoms with Gasteiger partial charge in [0.25, 0.3) is 5.91 Å². The van der Waals surface area contributed by atoms with E-state index in [0.29, 0.717) is 49.1 Å². The zero-order valence-electron chi connectivity index (χ0n) is 25.3. The first-order valence-corrected chi connectivity index (χ1v) is 16.5. The van der Waals surface area contributed by atoms with Crippen LogP contribution in [-0.2, 0) is 14.6 Å². The predicted molar refractivity (Wildman–Crippen MR) is 179 cm³/mol. The van der Waals surface area contributed by atoms with Gasteiger partial charge in [-0.15, -0.1) is 0 Å². The summed E-state index contributed by atoms with van der Waals surface area (Å²) in [5, 5.41) is 9.02. The van der Waals surface area contributed by atoms with Gasteiger partial charge in [-0.1, -0.05) is 18.2 Å². The average Bonchev–Trinajstić information content (AvgIpc) is 3.08. The first kappa shape index (κ1) is 30.7. The van der Waals surface area contributed by atoms with Gasteiger partial charge in [-0.3, -0.25) is 4.79 Å². The fourth-order valence-corrected chi connectivity index (χ4v) is 5.86. The molecule has 0 bridgehead atoms. The van der Waals surface area contributed by atoms with Gasteiger partial charge in [-0.05, 0) is 83.9 Å². The number of nitrogens with one attached hydrogen (secondary N) is 3. The molecule has 3 amide bonds. The van der Waals surface area contributed by atoms with Gasteiger partial charge in [0, 0.05) is 54.3 Å². The number of nitrogens with zero attached hydrogens (tertiary/aromatic N) is 3. The van der Waals surface area contributed by atoms with Crippen molar-refractivity contribution in [3.8, 4) is 22.5 Å². The highest BCUT2D eigenvalue weighted by Crippen LogP contribution is 2.32. The van der Waals surface area contributed by atoms with E-state index < -0.39 is 15.9 Å². The summed E-state index contributed by atoms with van der Waals surface area (Å²) in [6, 6.07) is 26.2. The minimum absolute atomic E-state index is 0.205.